The van der Waals surface area contributed by atoms with Gasteiger partial charge in [0.25, 0.3) is 0 Å². The van der Waals surface area contributed by atoms with E-state index in [-0.39, 0.29) is 11.6 Å². The highest BCUT2D eigenvalue weighted by Gasteiger charge is 2.41. The Hall–Kier alpha value is -0.930. The highest BCUT2D eigenvalue weighted by atomic mass is 19.1. The first-order valence-electron chi connectivity index (χ1n) is 12.7. The summed E-state index contributed by atoms with van der Waals surface area (Å²) < 4.78 is 26.8. The predicted molar refractivity (Wildman–Crippen MR) is 118 cm³/mol. The smallest absolute Gasteiger partial charge is 0.168 e. The van der Waals surface area contributed by atoms with Crippen molar-refractivity contribution in [3.63, 3.8) is 0 Å². The molecule has 1 aromatic carbocycles. The molecule has 0 radical (unpaired) electrons. The number of halogens is 1. The van der Waals surface area contributed by atoms with Gasteiger partial charge in [-0.1, -0.05) is 31.9 Å². The number of rotatable bonds is 3. The first kappa shape index (κ1) is 20.9. The van der Waals surface area contributed by atoms with Crippen LogP contribution in [0.15, 0.2) is 18.2 Å². The highest BCUT2D eigenvalue weighted by molar-refractivity contribution is 5.30. The van der Waals surface area contributed by atoms with E-state index in [1.165, 1.54) is 56.9 Å². The van der Waals surface area contributed by atoms with Gasteiger partial charge in [0.15, 0.2) is 5.79 Å². The van der Waals surface area contributed by atoms with Gasteiger partial charge in [-0.05, 0) is 98.1 Å². The molecule has 3 saturated carbocycles. The fourth-order valence-corrected chi connectivity index (χ4v) is 6.96. The first-order valence-corrected chi connectivity index (χ1v) is 12.7. The molecule has 1 aromatic rings. The number of ether oxygens (including phenoxy) is 2. The summed E-state index contributed by atoms with van der Waals surface area (Å²) in [6.07, 6.45) is 14.6. The van der Waals surface area contributed by atoms with Gasteiger partial charge >= 0.3 is 0 Å². The van der Waals surface area contributed by atoms with Crippen molar-refractivity contribution in [3.8, 4) is 0 Å². The van der Waals surface area contributed by atoms with Gasteiger partial charge in [0, 0.05) is 12.8 Å². The van der Waals surface area contributed by atoms with E-state index >= 15 is 4.39 Å². The van der Waals surface area contributed by atoms with E-state index in [0.717, 1.165) is 49.0 Å². The maximum absolute atomic E-state index is 15.1. The van der Waals surface area contributed by atoms with Crippen LogP contribution in [0.5, 0.6) is 0 Å². The quantitative estimate of drug-likeness (QED) is 0.515. The molecule has 4 fully saturated rings. The minimum Gasteiger partial charge on any atom is -0.348 e. The number of benzene rings is 1. The molecular formula is C27H39FO2. The third-order valence-corrected chi connectivity index (χ3v) is 9.00. The van der Waals surface area contributed by atoms with Crippen LogP contribution in [0.3, 0.4) is 0 Å². The normalized spacial score (nSPS) is 35.0. The summed E-state index contributed by atoms with van der Waals surface area (Å²) in [5.74, 6) is 3.35. The maximum Gasteiger partial charge on any atom is 0.168 e. The Morgan fingerprint density at radius 2 is 1.37 bits per heavy atom. The van der Waals surface area contributed by atoms with E-state index in [4.69, 9.17) is 9.47 Å². The molecule has 1 spiro atoms. The Morgan fingerprint density at radius 1 is 0.767 bits per heavy atom. The van der Waals surface area contributed by atoms with Gasteiger partial charge in [-0.15, -0.1) is 0 Å². The van der Waals surface area contributed by atoms with E-state index in [1.54, 1.807) is 0 Å². The van der Waals surface area contributed by atoms with E-state index in [0.29, 0.717) is 25.0 Å². The van der Waals surface area contributed by atoms with Gasteiger partial charge in [0.2, 0.25) is 0 Å². The van der Waals surface area contributed by atoms with Crippen LogP contribution in [0.1, 0.15) is 107 Å². The van der Waals surface area contributed by atoms with Crippen molar-refractivity contribution in [2.75, 3.05) is 13.2 Å². The van der Waals surface area contributed by atoms with Crippen LogP contribution in [0.2, 0.25) is 0 Å². The Kier molecular flexibility index (Phi) is 6.21. The van der Waals surface area contributed by atoms with Crippen LogP contribution < -0.4 is 0 Å². The Bertz CT molecular complexity index is 700. The molecule has 1 heterocycles. The highest BCUT2D eigenvalue weighted by Crippen LogP contribution is 2.46. The lowest BCUT2D eigenvalue weighted by molar-refractivity contribution is -0.178. The van der Waals surface area contributed by atoms with Gasteiger partial charge in [-0.2, -0.15) is 0 Å². The van der Waals surface area contributed by atoms with Crippen LogP contribution in [0.4, 0.5) is 4.39 Å². The van der Waals surface area contributed by atoms with Gasteiger partial charge < -0.3 is 9.47 Å². The molecule has 4 aliphatic rings. The van der Waals surface area contributed by atoms with Gasteiger partial charge in [0.05, 0.1) is 13.2 Å². The molecule has 5 rings (SSSR count). The molecule has 30 heavy (non-hydrogen) atoms. The van der Waals surface area contributed by atoms with Crippen LogP contribution in [-0.4, -0.2) is 19.0 Å². The van der Waals surface area contributed by atoms with Crippen molar-refractivity contribution in [1.29, 1.82) is 0 Å². The molecule has 0 amide bonds. The zero-order valence-corrected chi connectivity index (χ0v) is 18.7. The molecule has 166 valence electrons. The zero-order chi connectivity index (χ0) is 20.6. The Balaban J connectivity index is 1.17. The Morgan fingerprint density at radius 3 is 1.97 bits per heavy atom. The summed E-state index contributed by atoms with van der Waals surface area (Å²) in [5, 5.41) is 0. The van der Waals surface area contributed by atoms with Gasteiger partial charge in [-0.3, -0.25) is 0 Å². The second-order valence-corrected chi connectivity index (χ2v) is 10.8. The van der Waals surface area contributed by atoms with Crippen molar-refractivity contribution in [2.24, 2.45) is 17.8 Å². The number of hydrogen-bond acceptors (Lipinski definition) is 2. The zero-order valence-electron chi connectivity index (χ0n) is 18.7. The van der Waals surface area contributed by atoms with Crippen LogP contribution in [0, 0.1) is 23.6 Å². The lowest BCUT2D eigenvalue weighted by Gasteiger charge is -2.37. The minimum atomic E-state index is -0.359. The monoisotopic (exact) mass is 414 g/mol. The fraction of sp³-hybridized carbons (Fsp3) is 0.778. The second-order valence-electron chi connectivity index (χ2n) is 10.8. The van der Waals surface area contributed by atoms with Crippen LogP contribution in [-0.2, 0) is 9.47 Å². The third-order valence-electron chi connectivity index (χ3n) is 9.00. The molecule has 3 aliphatic carbocycles. The predicted octanol–water partition coefficient (Wildman–Crippen LogP) is 7.33. The van der Waals surface area contributed by atoms with E-state index in [1.807, 2.05) is 6.07 Å². The summed E-state index contributed by atoms with van der Waals surface area (Å²) in [4.78, 5) is 0. The molecule has 0 unspecified atom stereocenters. The summed E-state index contributed by atoms with van der Waals surface area (Å²) in [6, 6.07) is 6.20. The SMILES string of the molecule is CC1CCC(C2CCC(c3ccc(C4CCC5(CC4)OCCO5)c(F)c3)CC2)CC1. The summed E-state index contributed by atoms with van der Waals surface area (Å²) in [5.41, 5.74) is 2.15. The van der Waals surface area contributed by atoms with Crippen molar-refractivity contribution < 1.29 is 13.9 Å². The minimum absolute atomic E-state index is 0.0186. The first-order chi connectivity index (χ1) is 14.6. The van der Waals surface area contributed by atoms with Crippen molar-refractivity contribution in [2.45, 2.75) is 102 Å². The van der Waals surface area contributed by atoms with Crippen molar-refractivity contribution >= 4 is 0 Å². The van der Waals surface area contributed by atoms with Crippen molar-refractivity contribution in [3.05, 3.63) is 35.1 Å². The number of hydrogen-bond donors (Lipinski definition) is 0. The van der Waals surface area contributed by atoms with Gasteiger partial charge in [-0.25, -0.2) is 4.39 Å². The molecular weight excluding hydrogens is 375 g/mol. The summed E-state index contributed by atoms with van der Waals surface area (Å²) in [6.45, 7) is 3.82. The molecule has 0 aromatic heterocycles. The molecule has 3 heteroatoms. The summed E-state index contributed by atoms with van der Waals surface area (Å²) >= 11 is 0. The lowest BCUT2D eigenvalue weighted by atomic mass is 9.68. The summed E-state index contributed by atoms with van der Waals surface area (Å²) in [7, 11) is 0. The standard InChI is InChI=1S/C27H39FO2/c1-19-2-4-20(5-3-19)21-6-8-22(9-7-21)24-10-11-25(26(28)18-24)23-12-14-27(15-13-23)29-16-17-30-27/h10-11,18-23H,2-9,12-17H2,1H3. The fourth-order valence-electron chi connectivity index (χ4n) is 6.96. The average molecular weight is 415 g/mol. The second kappa shape index (κ2) is 8.90. The van der Waals surface area contributed by atoms with Gasteiger partial charge in [0.1, 0.15) is 5.82 Å². The molecule has 0 N–H and O–H groups in total. The molecule has 0 bridgehead atoms. The lowest BCUT2D eigenvalue weighted by Crippen LogP contribution is -2.34. The topological polar surface area (TPSA) is 18.5 Å². The molecule has 0 atom stereocenters. The van der Waals surface area contributed by atoms with E-state index < -0.39 is 0 Å². The Labute approximate surface area is 181 Å². The average Bonchev–Trinajstić information content (AvgIpc) is 3.23. The third kappa shape index (κ3) is 4.35. The maximum atomic E-state index is 15.1. The van der Waals surface area contributed by atoms with E-state index in [9.17, 15) is 0 Å². The van der Waals surface area contributed by atoms with Crippen molar-refractivity contribution in [1.82, 2.24) is 0 Å². The molecule has 1 aliphatic heterocycles. The molecule has 1 saturated heterocycles. The van der Waals surface area contributed by atoms with E-state index in [2.05, 4.69) is 19.1 Å². The largest absolute Gasteiger partial charge is 0.348 e. The molecule has 2 nitrogen and oxygen atoms in total. The van der Waals surface area contributed by atoms with Crippen LogP contribution in [0.25, 0.3) is 0 Å². The van der Waals surface area contributed by atoms with Crippen LogP contribution >= 0.6 is 0 Å².